The molecule has 8 nitrogen and oxygen atoms in total. The maximum Gasteiger partial charge on any atom is 0.249 e. The number of aliphatic hydroxyl groups excluding tert-OH is 1. The Bertz CT molecular complexity index is 1000. The fourth-order valence-corrected chi connectivity index (χ4v) is 8.11. The van der Waals surface area contributed by atoms with Gasteiger partial charge >= 0.3 is 0 Å². The Kier molecular flexibility index (Phi) is 10.2. The van der Waals surface area contributed by atoms with Crippen LogP contribution in [0.25, 0.3) is 0 Å². The first-order valence-corrected chi connectivity index (χ1v) is 15.6. The molecule has 0 aliphatic carbocycles. The molecule has 2 bridgehead atoms. The van der Waals surface area contributed by atoms with Crippen molar-refractivity contribution in [2.75, 3.05) is 32.8 Å². The number of rotatable bonds is 15. The largest absolute Gasteiger partial charge is 0.396 e. The van der Waals surface area contributed by atoms with E-state index in [2.05, 4.69) is 47.8 Å². The predicted molar refractivity (Wildman–Crippen MR) is 162 cm³/mol. The molecular formula is C33H55N3O5. The Morgan fingerprint density at radius 3 is 2.29 bits per heavy atom. The number of likely N-dealkylation sites (tertiary alicyclic amines) is 1. The number of carbonyl (C=O) groups excluding carboxylic acids is 3. The second-order valence-electron chi connectivity index (χ2n) is 14.4. The molecule has 41 heavy (non-hydrogen) atoms. The fourth-order valence-electron chi connectivity index (χ4n) is 8.11. The van der Waals surface area contributed by atoms with Gasteiger partial charge in [0.15, 0.2) is 0 Å². The summed E-state index contributed by atoms with van der Waals surface area (Å²) >= 11 is 0. The van der Waals surface area contributed by atoms with E-state index in [0.717, 1.165) is 19.3 Å². The van der Waals surface area contributed by atoms with Gasteiger partial charge in [-0.1, -0.05) is 39.8 Å². The molecule has 3 amide bonds. The number of fused-ring (bicyclic) bond motifs is 1. The maximum atomic E-state index is 14.8. The number of unbranched alkanes of at least 4 members (excludes halogenated alkanes) is 2. The van der Waals surface area contributed by atoms with E-state index in [1.807, 2.05) is 18.7 Å². The van der Waals surface area contributed by atoms with Crippen LogP contribution in [0.4, 0.5) is 0 Å². The highest BCUT2D eigenvalue weighted by atomic mass is 16.5. The van der Waals surface area contributed by atoms with Gasteiger partial charge < -0.3 is 24.5 Å². The fraction of sp³-hybridized carbons (Fsp3) is 0.788. The smallest absolute Gasteiger partial charge is 0.249 e. The molecule has 3 aliphatic rings. The Balaban J connectivity index is 2.10. The highest BCUT2D eigenvalue weighted by molar-refractivity contribution is 5.99. The summed E-state index contributed by atoms with van der Waals surface area (Å²) in [5.74, 6) is -1.73. The molecule has 5 atom stereocenters. The van der Waals surface area contributed by atoms with Crippen LogP contribution in [0.1, 0.15) is 93.4 Å². The van der Waals surface area contributed by atoms with Gasteiger partial charge in [-0.05, 0) is 71.1 Å². The third kappa shape index (κ3) is 6.29. The first kappa shape index (κ1) is 33.3. The average molecular weight is 574 g/mol. The van der Waals surface area contributed by atoms with Crippen LogP contribution >= 0.6 is 0 Å². The van der Waals surface area contributed by atoms with E-state index in [0.29, 0.717) is 51.9 Å². The van der Waals surface area contributed by atoms with E-state index < -0.39 is 34.6 Å². The van der Waals surface area contributed by atoms with Gasteiger partial charge in [0.2, 0.25) is 17.7 Å². The molecule has 1 N–H and O–H groups in total. The minimum Gasteiger partial charge on any atom is -0.396 e. The quantitative estimate of drug-likeness (QED) is 0.229. The lowest BCUT2D eigenvalue weighted by Gasteiger charge is -2.45. The van der Waals surface area contributed by atoms with Crippen molar-refractivity contribution in [2.45, 2.75) is 116 Å². The summed E-state index contributed by atoms with van der Waals surface area (Å²) < 4.78 is 6.87. The second-order valence-corrected chi connectivity index (χ2v) is 14.4. The summed E-state index contributed by atoms with van der Waals surface area (Å²) in [6.45, 7) is 24.2. The van der Waals surface area contributed by atoms with E-state index in [4.69, 9.17) is 4.74 Å². The Morgan fingerprint density at radius 2 is 1.73 bits per heavy atom. The zero-order chi connectivity index (χ0) is 30.8. The van der Waals surface area contributed by atoms with Crippen LogP contribution in [0.3, 0.4) is 0 Å². The van der Waals surface area contributed by atoms with Gasteiger partial charge in [0.1, 0.15) is 11.6 Å². The molecular weight excluding hydrogens is 518 g/mol. The van der Waals surface area contributed by atoms with Gasteiger partial charge in [0, 0.05) is 38.3 Å². The van der Waals surface area contributed by atoms with Crippen LogP contribution in [0, 0.1) is 17.3 Å². The van der Waals surface area contributed by atoms with Gasteiger partial charge in [-0.15, -0.1) is 13.2 Å². The molecule has 0 aromatic carbocycles. The van der Waals surface area contributed by atoms with E-state index in [-0.39, 0.29) is 29.7 Å². The average Bonchev–Trinajstić information content (AvgIpc) is 3.43. The SMILES string of the molecule is C=CCN(CCC)C(=O)[C@H]1[C@H]2C(=O)N(CCCCCO)C(C(=O)N(CC=C)C(C)(C)CC(C)(C)C)C23CC[C@]1(C)O3. The number of aliphatic hydroxyl groups is 1. The number of ether oxygens (including phenoxy) is 1. The van der Waals surface area contributed by atoms with Crippen molar-refractivity contribution in [3.05, 3.63) is 25.3 Å². The topological polar surface area (TPSA) is 90.4 Å². The lowest BCUT2D eigenvalue weighted by Crippen LogP contribution is -2.61. The third-order valence-corrected chi connectivity index (χ3v) is 9.26. The van der Waals surface area contributed by atoms with Crippen molar-refractivity contribution in [1.29, 1.82) is 0 Å². The molecule has 0 aromatic rings. The van der Waals surface area contributed by atoms with Crippen molar-refractivity contribution < 1.29 is 24.2 Å². The van der Waals surface area contributed by atoms with Crippen molar-refractivity contribution >= 4 is 17.7 Å². The van der Waals surface area contributed by atoms with Crippen molar-refractivity contribution in [3.8, 4) is 0 Å². The van der Waals surface area contributed by atoms with Crippen LogP contribution in [-0.4, -0.2) is 93.1 Å². The van der Waals surface area contributed by atoms with Crippen LogP contribution in [-0.2, 0) is 19.1 Å². The maximum absolute atomic E-state index is 14.8. The van der Waals surface area contributed by atoms with E-state index >= 15 is 0 Å². The number of hydrogen-bond donors (Lipinski definition) is 1. The Morgan fingerprint density at radius 1 is 1.07 bits per heavy atom. The predicted octanol–water partition coefficient (Wildman–Crippen LogP) is 4.57. The first-order valence-electron chi connectivity index (χ1n) is 15.6. The zero-order valence-electron chi connectivity index (χ0n) is 26.7. The summed E-state index contributed by atoms with van der Waals surface area (Å²) in [7, 11) is 0. The first-order chi connectivity index (χ1) is 19.1. The molecule has 3 aliphatic heterocycles. The standard InChI is InChI=1S/C33H55N3O5/c1-10-18-34(19-11-2)27(38)24-25-28(39)35(21-14-13-15-22-37)26(33(25)17-16-32(24,9)41-33)29(40)36(20-12-3)31(7,8)23-30(4,5)6/h10,12,24-26,37H,1,3,11,13-23H2,2,4-9H3/t24-,25+,26?,32+,33?/m1/s1. The monoisotopic (exact) mass is 573 g/mol. The summed E-state index contributed by atoms with van der Waals surface area (Å²) in [6, 6.07) is -0.813. The Hall–Kier alpha value is -2.19. The number of nitrogens with zero attached hydrogens (tertiary/aromatic N) is 3. The summed E-state index contributed by atoms with van der Waals surface area (Å²) in [5.41, 5.74) is -2.39. The molecule has 232 valence electrons. The molecule has 0 radical (unpaired) electrons. The molecule has 0 saturated carbocycles. The minimum absolute atomic E-state index is 0.0271. The highest BCUT2D eigenvalue weighted by Gasteiger charge is 2.78. The van der Waals surface area contributed by atoms with E-state index in [9.17, 15) is 19.5 Å². The molecule has 8 heteroatoms. The van der Waals surface area contributed by atoms with Gasteiger partial charge in [0.25, 0.3) is 0 Å². The summed E-state index contributed by atoms with van der Waals surface area (Å²) in [6.07, 6.45) is 8.26. The second kappa shape index (κ2) is 12.6. The van der Waals surface area contributed by atoms with Crippen LogP contribution in [0.5, 0.6) is 0 Å². The lowest BCUT2D eigenvalue weighted by molar-refractivity contribution is -0.157. The number of carbonyl (C=O) groups is 3. The molecule has 2 unspecified atom stereocenters. The minimum atomic E-state index is -1.05. The van der Waals surface area contributed by atoms with Gasteiger partial charge in [-0.2, -0.15) is 0 Å². The Labute approximate surface area is 248 Å². The van der Waals surface area contributed by atoms with E-state index in [1.165, 1.54) is 0 Å². The summed E-state index contributed by atoms with van der Waals surface area (Å²) in [5, 5.41) is 9.32. The number of hydrogen-bond acceptors (Lipinski definition) is 5. The van der Waals surface area contributed by atoms with Gasteiger partial charge in [-0.25, -0.2) is 0 Å². The normalized spacial score (nSPS) is 29.0. The van der Waals surface area contributed by atoms with Crippen LogP contribution < -0.4 is 0 Å². The summed E-state index contributed by atoms with van der Waals surface area (Å²) in [4.78, 5) is 48.7. The zero-order valence-corrected chi connectivity index (χ0v) is 26.7. The molecule has 0 aromatic heterocycles. The van der Waals surface area contributed by atoms with Crippen LogP contribution in [0.2, 0.25) is 0 Å². The van der Waals surface area contributed by atoms with Crippen molar-refractivity contribution in [3.63, 3.8) is 0 Å². The third-order valence-electron chi connectivity index (χ3n) is 9.26. The molecule has 3 heterocycles. The molecule has 3 rings (SSSR count). The number of amides is 3. The van der Waals surface area contributed by atoms with Crippen molar-refractivity contribution in [1.82, 2.24) is 14.7 Å². The molecule has 3 fully saturated rings. The van der Waals surface area contributed by atoms with Gasteiger partial charge in [0.05, 0.1) is 17.4 Å². The molecule has 3 saturated heterocycles. The van der Waals surface area contributed by atoms with Gasteiger partial charge in [-0.3, -0.25) is 14.4 Å². The molecule has 1 spiro atoms. The van der Waals surface area contributed by atoms with E-state index in [1.54, 1.807) is 22.0 Å². The van der Waals surface area contributed by atoms with Crippen molar-refractivity contribution in [2.24, 2.45) is 17.3 Å². The lowest BCUT2D eigenvalue weighted by atomic mass is 9.66. The van der Waals surface area contributed by atoms with Crippen LogP contribution in [0.15, 0.2) is 25.3 Å². The highest BCUT2D eigenvalue weighted by Crippen LogP contribution is 2.63.